The van der Waals surface area contributed by atoms with Crippen LogP contribution >= 0.6 is 0 Å². The third-order valence-electron chi connectivity index (χ3n) is 6.56. The second-order valence-corrected chi connectivity index (χ2v) is 9.18. The largest absolute Gasteiger partial charge is 0.492 e. The summed E-state index contributed by atoms with van der Waals surface area (Å²) in [6.45, 7) is 4.57. The van der Waals surface area contributed by atoms with Crippen LogP contribution < -0.4 is 19.7 Å². The van der Waals surface area contributed by atoms with E-state index in [0.717, 1.165) is 12.2 Å². The molecular weight excluding hydrogens is 416 g/mol. The molecule has 1 aliphatic heterocycles. The number of nitrogens with one attached hydrogen (secondary N) is 1. The van der Waals surface area contributed by atoms with Crippen molar-refractivity contribution in [3.8, 4) is 11.5 Å². The van der Waals surface area contributed by atoms with E-state index in [1.165, 1.54) is 37.7 Å². The van der Waals surface area contributed by atoms with E-state index in [-0.39, 0.29) is 11.8 Å². The number of nitrogens with zero attached hydrogens (tertiary/aromatic N) is 1. The molecule has 1 unspecified atom stereocenters. The number of amides is 2. The van der Waals surface area contributed by atoms with E-state index in [1.54, 1.807) is 11.8 Å². The number of ether oxygens (including phenoxy) is 2. The highest BCUT2D eigenvalue weighted by Gasteiger charge is 2.31. The van der Waals surface area contributed by atoms with Gasteiger partial charge in [-0.15, -0.1) is 0 Å². The van der Waals surface area contributed by atoms with Gasteiger partial charge in [0.15, 0.2) is 6.10 Å². The first-order valence-electron chi connectivity index (χ1n) is 12.1. The Morgan fingerprint density at radius 3 is 2.64 bits per heavy atom. The lowest BCUT2D eigenvalue weighted by Gasteiger charge is -2.33. The van der Waals surface area contributed by atoms with Crippen molar-refractivity contribution < 1.29 is 19.1 Å². The van der Waals surface area contributed by atoms with Crippen LogP contribution in [0.25, 0.3) is 0 Å². The monoisotopic (exact) mass is 450 g/mol. The first kappa shape index (κ1) is 23.1. The molecule has 1 aliphatic carbocycles. The maximum atomic E-state index is 12.7. The van der Waals surface area contributed by atoms with Gasteiger partial charge in [-0.1, -0.05) is 49.8 Å². The molecule has 1 atom stereocenters. The normalized spacial score (nSPS) is 18.4. The molecule has 2 aliphatic rings. The van der Waals surface area contributed by atoms with Crippen LogP contribution in [-0.4, -0.2) is 31.1 Å². The Balaban J connectivity index is 1.35. The molecule has 1 N–H and O–H groups in total. The number of anilines is 2. The standard InChI is InChI=1S/C27H34N2O4/c1-19-8-12-23(13-9-19)32-17-16-29-24-14-11-22(18-25(24)33-20(2)27(29)31)28-26(30)15-10-21-6-4-3-5-7-21/h8-9,11-14,18,20-21H,3-7,10,15-17H2,1-2H3,(H,28,30). The summed E-state index contributed by atoms with van der Waals surface area (Å²) in [5.41, 5.74) is 2.57. The summed E-state index contributed by atoms with van der Waals surface area (Å²) >= 11 is 0. The summed E-state index contributed by atoms with van der Waals surface area (Å²) < 4.78 is 11.7. The maximum Gasteiger partial charge on any atom is 0.267 e. The molecule has 0 spiro atoms. The molecule has 6 nitrogen and oxygen atoms in total. The van der Waals surface area contributed by atoms with Gasteiger partial charge in [0.1, 0.15) is 18.1 Å². The Hall–Kier alpha value is -3.02. The Bertz CT molecular complexity index is 967. The van der Waals surface area contributed by atoms with Gasteiger partial charge in [0.25, 0.3) is 5.91 Å². The van der Waals surface area contributed by atoms with Crippen molar-refractivity contribution in [1.82, 2.24) is 0 Å². The van der Waals surface area contributed by atoms with Gasteiger partial charge in [-0.2, -0.15) is 0 Å². The molecule has 1 fully saturated rings. The second-order valence-electron chi connectivity index (χ2n) is 9.18. The molecule has 0 aromatic heterocycles. The minimum atomic E-state index is -0.589. The zero-order chi connectivity index (χ0) is 23.2. The first-order valence-corrected chi connectivity index (χ1v) is 12.1. The smallest absolute Gasteiger partial charge is 0.267 e. The number of aryl methyl sites for hydroxylation is 1. The minimum Gasteiger partial charge on any atom is -0.492 e. The van der Waals surface area contributed by atoms with E-state index in [0.29, 0.717) is 42.6 Å². The lowest BCUT2D eigenvalue weighted by Crippen LogP contribution is -2.46. The highest BCUT2D eigenvalue weighted by atomic mass is 16.5. The number of fused-ring (bicyclic) bond motifs is 1. The van der Waals surface area contributed by atoms with Crippen LogP contribution in [0.4, 0.5) is 11.4 Å². The molecule has 2 aromatic rings. The zero-order valence-electron chi connectivity index (χ0n) is 19.6. The van der Waals surface area contributed by atoms with E-state index in [4.69, 9.17) is 9.47 Å². The van der Waals surface area contributed by atoms with Crippen molar-refractivity contribution >= 4 is 23.2 Å². The van der Waals surface area contributed by atoms with Gasteiger partial charge in [0, 0.05) is 18.2 Å². The number of carbonyl (C=O) groups is 2. The lowest BCUT2D eigenvalue weighted by atomic mass is 9.86. The molecule has 1 saturated carbocycles. The summed E-state index contributed by atoms with van der Waals surface area (Å²) in [7, 11) is 0. The van der Waals surface area contributed by atoms with Gasteiger partial charge in [0.05, 0.1) is 12.2 Å². The SMILES string of the molecule is Cc1ccc(OCCN2C(=O)C(C)Oc3cc(NC(=O)CCC4CCCCC4)ccc32)cc1. The number of carbonyl (C=O) groups excluding carboxylic acids is 2. The highest BCUT2D eigenvalue weighted by Crippen LogP contribution is 2.36. The van der Waals surface area contributed by atoms with Crippen molar-refractivity contribution in [3.63, 3.8) is 0 Å². The predicted molar refractivity (Wildman–Crippen MR) is 130 cm³/mol. The molecular formula is C27H34N2O4. The minimum absolute atomic E-state index is 0.0313. The Kier molecular flexibility index (Phi) is 7.53. The zero-order valence-corrected chi connectivity index (χ0v) is 19.6. The maximum absolute atomic E-state index is 12.7. The van der Waals surface area contributed by atoms with Crippen LogP contribution in [0.15, 0.2) is 42.5 Å². The quantitative estimate of drug-likeness (QED) is 0.578. The van der Waals surface area contributed by atoms with Crippen molar-refractivity contribution in [2.24, 2.45) is 5.92 Å². The molecule has 2 amide bonds. The third kappa shape index (κ3) is 6.06. The number of rotatable bonds is 8. The van der Waals surface area contributed by atoms with Crippen molar-refractivity contribution in [2.45, 2.75) is 64.9 Å². The topological polar surface area (TPSA) is 67.9 Å². The summed E-state index contributed by atoms with van der Waals surface area (Å²) in [5, 5.41) is 2.99. The highest BCUT2D eigenvalue weighted by molar-refractivity contribution is 6.00. The van der Waals surface area contributed by atoms with E-state index in [1.807, 2.05) is 49.4 Å². The van der Waals surface area contributed by atoms with Crippen molar-refractivity contribution in [3.05, 3.63) is 48.0 Å². The van der Waals surface area contributed by atoms with Gasteiger partial charge in [-0.05, 0) is 50.5 Å². The van der Waals surface area contributed by atoms with Crippen LogP contribution in [0.5, 0.6) is 11.5 Å². The fourth-order valence-electron chi connectivity index (χ4n) is 4.64. The lowest BCUT2D eigenvalue weighted by molar-refractivity contribution is -0.125. The van der Waals surface area contributed by atoms with Gasteiger partial charge in [-0.25, -0.2) is 0 Å². The average Bonchev–Trinajstić information content (AvgIpc) is 2.82. The second kappa shape index (κ2) is 10.7. The molecule has 176 valence electrons. The van der Waals surface area contributed by atoms with Crippen LogP contribution in [0, 0.1) is 12.8 Å². The molecule has 0 saturated heterocycles. The molecule has 0 radical (unpaired) electrons. The Morgan fingerprint density at radius 2 is 1.88 bits per heavy atom. The fourth-order valence-corrected chi connectivity index (χ4v) is 4.64. The molecule has 6 heteroatoms. The molecule has 1 heterocycles. The number of hydrogen-bond acceptors (Lipinski definition) is 4. The predicted octanol–water partition coefficient (Wildman–Crippen LogP) is 5.49. The van der Waals surface area contributed by atoms with E-state index < -0.39 is 6.10 Å². The summed E-state index contributed by atoms with van der Waals surface area (Å²) in [6, 6.07) is 13.3. The first-order chi connectivity index (χ1) is 16.0. The van der Waals surface area contributed by atoms with Crippen LogP contribution in [0.1, 0.15) is 57.4 Å². The summed E-state index contributed by atoms with van der Waals surface area (Å²) in [5.74, 6) is 1.99. The van der Waals surface area contributed by atoms with Crippen molar-refractivity contribution in [1.29, 1.82) is 0 Å². The van der Waals surface area contributed by atoms with Gasteiger partial charge in [-0.3, -0.25) is 9.59 Å². The Morgan fingerprint density at radius 1 is 1.12 bits per heavy atom. The van der Waals surface area contributed by atoms with Crippen molar-refractivity contribution in [2.75, 3.05) is 23.4 Å². The average molecular weight is 451 g/mol. The summed E-state index contributed by atoms with van der Waals surface area (Å²) in [6.07, 6.45) is 7.30. The van der Waals surface area contributed by atoms with Crippen LogP contribution in [-0.2, 0) is 9.59 Å². The molecule has 33 heavy (non-hydrogen) atoms. The number of benzene rings is 2. The third-order valence-corrected chi connectivity index (χ3v) is 6.56. The Labute approximate surface area is 196 Å². The van der Waals surface area contributed by atoms with Gasteiger partial charge in [0.2, 0.25) is 5.91 Å². The molecule has 2 aromatic carbocycles. The van der Waals surface area contributed by atoms with E-state index >= 15 is 0 Å². The van der Waals surface area contributed by atoms with Gasteiger partial charge < -0.3 is 19.7 Å². The molecule has 0 bridgehead atoms. The summed E-state index contributed by atoms with van der Waals surface area (Å²) in [4.78, 5) is 26.9. The molecule has 4 rings (SSSR count). The van der Waals surface area contributed by atoms with E-state index in [9.17, 15) is 9.59 Å². The van der Waals surface area contributed by atoms with Crippen LogP contribution in [0.2, 0.25) is 0 Å². The van der Waals surface area contributed by atoms with Crippen LogP contribution in [0.3, 0.4) is 0 Å². The number of hydrogen-bond donors (Lipinski definition) is 1. The fraction of sp³-hybridized carbons (Fsp3) is 0.481. The van der Waals surface area contributed by atoms with Gasteiger partial charge >= 0.3 is 0 Å². The van der Waals surface area contributed by atoms with E-state index in [2.05, 4.69) is 5.32 Å².